The Bertz CT molecular complexity index is 307. The number of carbonyl (C=O) groups excluding carboxylic acids is 2. The standard InChI is InChI=1S/C12H21ClN2O3/c1-12(2,3)18-11(17)15-6-4-9(5-7-15)14-8-10(13)16/h9,14H,4-8H2,1-3H3. The van der Waals surface area contributed by atoms with Crippen molar-refractivity contribution in [3.05, 3.63) is 0 Å². The first-order chi connectivity index (χ1) is 8.28. The number of piperidine rings is 1. The predicted octanol–water partition coefficient (Wildman–Crippen LogP) is 1.74. The van der Waals surface area contributed by atoms with Crippen LogP contribution in [0.2, 0.25) is 0 Å². The molecule has 6 heteroatoms. The molecule has 1 N–H and O–H groups in total. The molecule has 1 heterocycles. The van der Waals surface area contributed by atoms with Crippen molar-refractivity contribution in [2.45, 2.75) is 45.3 Å². The number of amides is 1. The molecule has 1 amide bonds. The van der Waals surface area contributed by atoms with Crippen molar-refractivity contribution >= 4 is 22.9 Å². The predicted molar refractivity (Wildman–Crippen MR) is 69.7 cm³/mol. The zero-order chi connectivity index (χ0) is 13.8. The number of rotatable bonds is 3. The van der Waals surface area contributed by atoms with Crippen LogP contribution in [0.25, 0.3) is 0 Å². The van der Waals surface area contributed by atoms with E-state index in [-0.39, 0.29) is 23.9 Å². The summed E-state index contributed by atoms with van der Waals surface area (Å²) in [5.41, 5.74) is -0.461. The molecule has 0 bridgehead atoms. The molecule has 1 fully saturated rings. The van der Waals surface area contributed by atoms with E-state index in [0.29, 0.717) is 13.1 Å². The fraction of sp³-hybridized carbons (Fsp3) is 0.833. The van der Waals surface area contributed by atoms with Gasteiger partial charge in [0.05, 0.1) is 6.54 Å². The number of likely N-dealkylation sites (tertiary alicyclic amines) is 1. The quantitative estimate of drug-likeness (QED) is 0.798. The molecule has 104 valence electrons. The number of nitrogens with one attached hydrogen (secondary N) is 1. The largest absolute Gasteiger partial charge is 0.444 e. The summed E-state index contributed by atoms with van der Waals surface area (Å²) in [6, 6.07) is 0.242. The van der Waals surface area contributed by atoms with Gasteiger partial charge in [-0.3, -0.25) is 4.79 Å². The molecule has 0 aromatic heterocycles. The third-order valence-corrected chi connectivity index (χ3v) is 2.81. The Balaban J connectivity index is 2.30. The highest BCUT2D eigenvalue weighted by molar-refractivity contribution is 6.64. The van der Waals surface area contributed by atoms with Crippen molar-refractivity contribution < 1.29 is 14.3 Å². The van der Waals surface area contributed by atoms with Crippen LogP contribution in [0.1, 0.15) is 33.6 Å². The number of hydrogen-bond acceptors (Lipinski definition) is 4. The SMILES string of the molecule is CC(C)(C)OC(=O)N1CCC(NCC(=O)Cl)CC1. The van der Waals surface area contributed by atoms with Crippen LogP contribution >= 0.6 is 11.6 Å². The van der Waals surface area contributed by atoms with Crippen molar-refractivity contribution in [1.29, 1.82) is 0 Å². The highest BCUT2D eigenvalue weighted by atomic mass is 35.5. The molecular formula is C12H21ClN2O3. The van der Waals surface area contributed by atoms with E-state index >= 15 is 0 Å². The first-order valence-corrected chi connectivity index (χ1v) is 6.55. The van der Waals surface area contributed by atoms with Crippen molar-refractivity contribution in [2.24, 2.45) is 0 Å². The molecule has 1 saturated heterocycles. The van der Waals surface area contributed by atoms with E-state index in [9.17, 15) is 9.59 Å². The molecule has 0 radical (unpaired) electrons. The minimum atomic E-state index is -0.461. The molecule has 0 aromatic rings. The third-order valence-electron chi connectivity index (χ3n) is 2.68. The lowest BCUT2D eigenvalue weighted by atomic mass is 10.1. The zero-order valence-electron chi connectivity index (χ0n) is 11.2. The third kappa shape index (κ3) is 5.69. The Labute approximate surface area is 113 Å². The van der Waals surface area contributed by atoms with E-state index in [1.165, 1.54) is 0 Å². The average molecular weight is 277 g/mol. The fourth-order valence-electron chi connectivity index (χ4n) is 1.82. The van der Waals surface area contributed by atoms with Gasteiger partial charge in [0.1, 0.15) is 5.60 Å². The first-order valence-electron chi connectivity index (χ1n) is 6.17. The minimum absolute atomic E-state index is 0.179. The molecule has 5 nitrogen and oxygen atoms in total. The van der Waals surface area contributed by atoms with E-state index in [4.69, 9.17) is 16.3 Å². The lowest BCUT2D eigenvalue weighted by molar-refractivity contribution is -0.111. The summed E-state index contributed by atoms with van der Waals surface area (Å²) in [5, 5.41) is 2.68. The second-order valence-corrected chi connectivity index (χ2v) is 5.90. The van der Waals surface area contributed by atoms with Gasteiger partial charge in [0, 0.05) is 19.1 Å². The van der Waals surface area contributed by atoms with Gasteiger partial charge >= 0.3 is 6.09 Å². The van der Waals surface area contributed by atoms with Gasteiger partial charge in [0.15, 0.2) is 0 Å². The van der Waals surface area contributed by atoms with Crippen molar-refractivity contribution in [3.8, 4) is 0 Å². The Morgan fingerprint density at radius 3 is 2.33 bits per heavy atom. The second kappa shape index (κ2) is 6.38. The number of hydrogen-bond donors (Lipinski definition) is 1. The summed E-state index contributed by atoms with van der Waals surface area (Å²) in [5.74, 6) is 0. The molecule has 0 atom stereocenters. The van der Waals surface area contributed by atoms with E-state index in [2.05, 4.69) is 5.32 Å². The van der Waals surface area contributed by atoms with Crippen LogP contribution in [-0.4, -0.2) is 47.5 Å². The van der Waals surface area contributed by atoms with Gasteiger partial charge in [-0.15, -0.1) is 0 Å². The number of ether oxygens (including phenoxy) is 1. The monoisotopic (exact) mass is 276 g/mol. The van der Waals surface area contributed by atoms with E-state index in [0.717, 1.165) is 12.8 Å². The van der Waals surface area contributed by atoms with Crippen LogP contribution in [-0.2, 0) is 9.53 Å². The molecule has 1 aliphatic heterocycles. The van der Waals surface area contributed by atoms with E-state index in [1.807, 2.05) is 20.8 Å². The van der Waals surface area contributed by atoms with E-state index < -0.39 is 5.60 Å². The van der Waals surface area contributed by atoms with Crippen LogP contribution in [0.5, 0.6) is 0 Å². The number of nitrogens with zero attached hydrogens (tertiary/aromatic N) is 1. The normalized spacial score (nSPS) is 17.7. The highest BCUT2D eigenvalue weighted by Crippen LogP contribution is 2.15. The number of halogens is 1. The second-order valence-electron chi connectivity index (χ2n) is 5.48. The van der Waals surface area contributed by atoms with Gasteiger partial charge in [0.2, 0.25) is 5.24 Å². The summed E-state index contributed by atoms with van der Waals surface area (Å²) in [6.45, 7) is 7.02. The smallest absolute Gasteiger partial charge is 0.410 e. The highest BCUT2D eigenvalue weighted by Gasteiger charge is 2.26. The lowest BCUT2D eigenvalue weighted by Crippen LogP contribution is -2.47. The van der Waals surface area contributed by atoms with Crippen molar-refractivity contribution in [2.75, 3.05) is 19.6 Å². The molecule has 1 aliphatic rings. The molecule has 0 aromatic carbocycles. The maximum Gasteiger partial charge on any atom is 0.410 e. The summed E-state index contributed by atoms with van der Waals surface area (Å²) in [7, 11) is 0. The van der Waals surface area contributed by atoms with Gasteiger partial charge in [-0.1, -0.05) is 0 Å². The summed E-state index contributed by atoms with van der Waals surface area (Å²) < 4.78 is 5.30. The fourth-order valence-corrected chi connectivity index (χ4v) is 1.89. The molecule has 1 rings (SSSR count). The van der Waals surface area contributed by atoms with Crippen LogP contribution in [0.4, 0.5) is 4.79 Å². The number of carbonyl (C=O) groups is 2. The summed E-state index contributed by atoms with van der Waals surface area (Å²) in [6.07, 6.45) is 1.35. The molecule has 0 unspecified atom stereocenters. The Hall–Kier alpha value is -0.810. The minimum Gasteiger partial charge on any atom is -0.444 e. The molecule has 0 aliphatic carbocycles. The Morgan fingerprint density at radius 1 is 1.33 bits per heavy atom. The average Bonchev–Trinajstić information content (AvgIpc) is 2.24. The van der Waals surface area contributed by atoms with Crippen LogP contribution in [0.3, 0.4) is 0 Å². The Morgan fingerprint density at radius 2 is 1.89 bits per heavy atom. The summed E-state index contributed by atoms with van der Waals surface area (Å²) >= 11 is 5.26. The van der Waals surface area contributed by atoms with Crippen LogP contribution in [0.15, 0.2) is 0 Å². The molecule has 0 saturated carbocycles. The topological polar surface area (TPSA) is 58.6 Å². The van der Waals surface area contributed by atoms with Gasteiger partial charge < -0.3 is 15.0 Å². The van der Waals surface area contributed by atoms with Gasteiger partial charge in [-0.05, 0) is 45.2 Å². The Kier molecular flexibility index (Phi) is 5.41. The lowest BCUT2D eigenvalue weighted by Gasteiger charge is -2.33. The van der Waals surface area contributed by atoms with Crippen molar-refractivity contribution in [3.63, 3.8) is 0 Å². The molecule has 0 spiro atoms. The molecular weight excluding hydrogens is 256 g/mol. The zero-order valence-corrected chi connectivity index (χ0v) is 11.9. The van der Waals surface area contributed by atoms with Crippen LogP contribution in [0, 0.1) is 0 Å². The molecule has 18 heavy (non-hydrogen) atoms. The van der Waals surface area contributed by atoms with Crippen LogP contribution < -0.4 is 5.32 Å². The van der Waals surface area contributed by atoms with Crippen molar-refractivity contribution in [1.82, 2.24) is 10.2 Å². The van der Waals surface area contributed by atoms with Gasteiger partial charge in [0.25, 0.3) is 0 Å². The first kappa shape index (κ1) is 15.2. The van der Waals surface area contributed by atoms with Gasteiger partial charge in [-0.25, -0.2) is 4.79 Å². The summed E-state index contributed by atoms with van der Waals surface area (Å²) in [4.78, 5) is 24.1. The van der Waals surface area contributed by atoms with E-state index in [1.54, 1.807) is 4.90 Å². The maximum absolute atomic E-state index is 11.8. The van der Waals surface area contributed by atoms with Gasteiger partial charge in [-0.2, -0.15) is 0 Å². The maximum atomic E-state index is 11.8.